The predicted octanol–water partition coefficient (Wildman–Crippen LogP) is 0.898. The minimum Gasteiger partial charge on any atom is -0.409 e. The highest BCUT2D eigenvalue weighted by atomic mass is 16.6. The molecule has 0 aliphatic carbocycles. The van der Waals surface area contributed by atoms with Crippen molar-refractivity contribution in [3.8, 4) is 0 Å². The van der Waals surface area contributed by atoms with Gasteiger partial charge in [-0.05, 0) is 19.4 Å². The summed E-state index contributed by atoms with van der Waals surface area (Å²) in [5.41, 5.74) is 6.38. The van der Waals surface area contributed by atoms with Crippen LogP contribution in [-0.2, 0) is 0 Å². The summed E-state index contributed by atoms with van der Waals surface area (Å²) in [6.45, 7) is 3.15. The normalized spacial score (nSPS) is 11.4. The molecule has 0 atom stereocenters. The number of anilines is 1. The largest absolute Gasteiger partial charge is 0.409 e. The number of hydrogen-bond donors (Lipinski definition) is 3. The molecule has 0 aromatic heterocycles. The van der Waals surface area contributed by atoms with Crippen LogP contribution in [0.2, 0.25) is 0 Å². The van der Waals surface area contributed by atoms with Crippen molar-refractivity contribution in [3.05, 3.63) is 33.9 Å². The highest BCUT2D eigenvalue weighted by Crippen LogP contribution is 2.25. The molecule has 0 amide bonds. The highest BCUT2D eigenvalue weighted by molar-refractivity contribution is 6.02. The average molecular weight is 282 g/mol. The van der Waals surface area contributed by atoms with Gasteiger partial charge in [0.2, 0.25) is 0 Å². The molecule has 110 valence electrons. The zero-order valence-corrected chi connectivity index (χ0v) is 11.2. The molecule has 4 N–H and O–H groups in total. The van der Waals surface area contributed by atoms with E-state index in [0.29, 0.717) is 30.8 Å². The smallest absolute Gasteiger partial charge is 0.270 e. The average Bonchev–Trinajstić information content (AvgIpc) is 2.47. The Bertz CT molecular complexity index is 504. The van der Waals surface area contributed by atoms with E-state index in [4.69, 9.17) is 16.0 Å². The van der Waals surface area contributed by atoms with Gasteiger partial charge < -0.3 is 20.9 Å². The molecule has 0 fully saturated rings. The van der Waals surface area contributed by atoms with Gasteiger partial charge in [0.05, 0.1) is 10.5 Å². The van der Waals surface area contributed by atoms with Crippen molar-refractivity contribution < 1.29 is 15.2 Å². The fourth-order valence-electron chi connectivity index (χ4n) is 1.88. The molecule has 0 bridgehead atoms. The van der Waals surface area contributed by atoms with Crippen molar-refractivity contribution in [2.24, 2.45) is 10.9 Å². The zero-order valence-electron chi connectivity index (χ0n) is 11.2. The molecule has 1 aromatic carbocycles. The Morgan fingerprint density at radius 2 is 2.25 bits per heavy atom. The Morgan fingerprint density at radius 3 is 2.75 bits per heavy atom. The van der Waals surface area contributed by atoms with Crippen LogP contribution in [0.4, 0.5) is 11.4 Å². The molecule has 0 unspecified atom stereocenters. The summed E-state index contributed by atoms with van der Waals surface area (Å²) in [5, 5.41) is 31.4. The molecular weight excluding hydrogens is 264 g/mol. The molecule has 1 aromatic rings. The number of amidine groups is 1. The van der Waals surface area contributed by atoms with Gasteiger partial charge in [-0.15, -0.1) is 0 Å². The summed E-state index contributed by atoms with van der Waals surface area (Å²) in [5.74, 6) is -0.189. The fraction of sp³-hybridized carbons (Fsp3) is 0.417. The third kappa shape index (κ3) is 3.58. The van der Waals surface area contributed by atoms with Gasteiger partial charge in [0.25, 0.3) is 5.69 Å². The van der Waals surface area contributed by atoms with Gasteiger partial charge in [-0.2, -0.15) is 0 Å². The number of oxime groups is 1. The molecule has 8 nitrogen and oxygen atoms in total. The summed E-state index contributed by atoms with van der Waals surface area (Å²) >= 11 is 0. The number of aliphatic hydroxyl groups excluding tert-OH is 1. The maximum atomic E-state index is 10.8. The molecular formula is C12H18N4O4. The van der Waals surface area contributed by atoms with Crippen LogP contribution < -0.4 is 10.6 Å². The van der Waals surface area contributed by atoms with Crippen molar-refractivity contribution in [2.75, 3.05) is 24.6 Å². The Morgan fingerprint density at radius 1 is 1.55 bits per heavy atom. The second-order valence-corrected chi connectivity index (χ2v) is 4.10. The van der Waals surface area contributed by atoms with Crippen molar-refractivity contribution in [1.82, 2.24) is 0 Å². The second kappa shape index (κ2) is 7.29. The first-order chi connectivity index (χ1) is 9.54. The van der Waals surface area contributed by atoms with Crippen molar-refractivity contribution in [2.45, 2.75) is 13.3 Å². The van der Waals surface area contributed by atoms with Crippen molar-refractivity contribution >= 4 is 17.2 Å². The molecule has 0 saturated carbocycles. The summed E-state index contributed by atoms with van der Waals surface area (Å²) in [7, 11) is 0. The number of nitro groups is 1. The lowest BCUT2D eigenvalue weighted by molar-refractivity contribution is -0.384. The molecule has 8 heteroatoms. The van der Waals surface area contributed by atoms with E-state index in [1.165, 1.54) is 12.1 Å². The number of nitrogens with zero attached hydrogens (tertiary/aromatic N) is 3. The Hall–Kier alpha value is -2.35. The zero-order chi connectivity index (χ0) is 15.1. The van der Waals surface area contributed by atoms with E-state index >= 15 is 0 Å². The van der Waals surface area contributed by atoms with Crippen LogP contribution in [0.25, 0.3) is 0 Å². The lowest BCUT2D eigenvalue weighted by Gasteiger charge is -2.25. The number of aliphatic hydroxyl groups is 1. The second-order valence-electron chi connectivity index (χ2n) is 4.10. The minimum atomic E-state index is -0.540. The van der Waals surface area contributed by atoms with Crippen LogP contribution in [0.1, 0.15) is 18.9 Å². The number of nitrogens with two attached hydrogens (primary N) is 1. The summed E-state index contributed by atoms with van der Waals surface area (Å²) in [6, 6.07) is 4.20. The number of nitro benzene ring substituents is 1. The molecule has 0 aliphatic rings. The Labute approximate surface area is 116 Å². The molecule has 0 heterocycles. The maximum Gasteiger partial charge on any atom is 0.270 e. The lowest BCUT2D eigenvalue weighted by Crippen LogP contribution is -2.28. The number of rotatable bonds is 7. The minimum absolute atomic E-state index is 0.0440. The van der Waals surface area contributed by atoms with E-state index in [1.54, 1.807) is 6.07 Å². The number of hydrogen-bond acceptors (Lipinski definition) is 6. The van der Waals surface area contributed by atoms with Gasteiger partial charge in [-0.3, -0.25) is 10.1 Å². The van der Waals surface area contributed by atoms with Gasteiger partial charge >= 0.3 is 0 Å². The van der Waals surface area contributed by atoms with Crippen LogP contribution in [0.5, 0.6) is 0 Å². The SMILES string of the molecule is CCN(CCCO)c1ccc([N+](=O)[O-])cc1/C(N)=N/O. The Balaban J connectivity index is 3.26. The quantitative estimate of drug-likeness (QED) is 0.224. The highest BCUT2D eigenvalue weighted by Gasteiger charge is 2.17. The van der Waals surface area contributed by atoms with Gasteiger partial charge in [0, 0.05) is 37.5 Å². The maximum absolute atomic E-state index is 10.8. The molecule has 0 spiro atoms. The monoisotopic (exact) mass is 282 g/mol. The number of non-ortho nitro benzene ring substituents is 1. The van der Waals surface area contributed by atoms with Crippen LogP contribution >= 0.6 is 0 Å². The number of benzene rings is 1. The van der Waals surface area contributed by atoms with Gasteiger partial charge in [-0.1, -0.05) is 5.16 Å². The molecule has 20 heavy (non-hydrogen) atoms. The summed E-state index contributed by atoms with van der Waals surface area (Å²) < 4.78 is 0. The van der Waals surface area contributed by atoms with Crippen LogP contribution in [0, 0.1) is 10.1 Å². The van der Waals surface area contributed by atoms with Gasteiger partial charge in [0.15, 0.2) is 5.84 Å². The van der Waals surface area contributed by atoms with E-state index < -0.39 is 4.92 Å². The summed E-state index contributed by atoms with van der Waals surface area (Å²) in [4.78, 5) is 12.2. The third-order valence-electron chi connectivity index (χ3n) is 2.88. The topological polar surface area (TPSA) is 125 Å². The van der Waals surface area contributed by atoms with E-state index in [1.807, 2.05) is 11.8 Å². The van der Waals surface area contributed by atoms with E-state index in [-0.39, 0.29) is 18.1 Å². The van der Waals surface area contributed by atoms with Crippen LogP contribution in [0.15, 0.2) is 23.4 Å². The van der Waals surface area contributed by atoms with Crippen LogP contribution in [0.3, 0.4) is 0 Å². The molecule has 0 radical (unpaired) electrons. The Kier molecular flexibility index (Phi) is 5.73. The third-order valence-corrected chi connectivity index (χ3v) is 2.88. The first-order valence-electron chi connectivity index (χ1n) is 6.17. The molecule has 0 saturated heterocycles. The van der Waals surface area contributed by atoms with Crippen molar-refractivity contribution in [1.29, 1.82) is 0 Å². The van der Waals surface area contributed by atoms with E-state index in [0.717, 1.165) is 0 Å². The first-order valence-corrected chi connectivity index (χ1v) is 6.17. The van der Waals surface area contributed by atoms with Crippen LogP contribution in [-0.4, -0.2) is 40.8 Å². The molecule has 0 aliphatic heterocycles. The predicted molar refractivity (Wildman–Crippen MR) is 75.2 cm³/mol. The van der Waals surface area contributed by atoms with Gasteiger partial charge in [-0.25, -0.2) is 0 Å². The van der Waals surface area contributed by atoms with E-state index in [2.05, 4.69) is 5.16 Å². The van der Waals surface area contributed by atoms with Crippen molar-refractivity contribution in [3.63, 3.8) is 0 Å². The standard InChI is InChI=1S/C12H18N4O4/c1-2-15(6-3-7-17)11-5-4-9(16(19)20)8-10(11)12(13)14-18/h4-5,8,17-18H,2-3,6-7H2,1H3,(H2,13,14). The lowest BCUT2D eigenvalue weighted by atomic mass is 10.1. The molecule has 1 rings (SSSR count). The summed E-state index contributed by atoms with van der Waals surface area (Å²) in [6.07, 6.45) is 0.556. The first kappa shape index (κ1) is 15.7. The van der Waals surface area contributed by atoms with Gasteiger partial charge in [0.1, 0.15) is 0 Å². The fourth-order valence-corrected chi connectivity index (χ4v) is 1.88. The van der Waals surface area contributed by atoms with E-state index in [9.17, 15) is 10.1 Å².